The van der Waals surface area contributed by atoms with Gasteiger partial charge in [-0.2, -0.15) is 0 Å². The van der Waals surface area contributed by atoms with Crippen molar-refractivity contribution < 1.29 is 0 Å². The topological polar surface area (TPSA) is 32.5 Å². The second-order valence-electron chi connectivity index (χ2n) is 5.34. The molecule has 0 aliphatic carbocycles. The highest BCUT2D eigenvalue weighted by atomic mass is 15.2. The lowest BCUT2D eigenvalue weighted by atomic mass is 10.1. The predicted octanol–water partition coefficient (Wildman–Crippen LogP) is 0.997. The summed E-state index contributed by atoms with van der Waals surface area (Å²) in [5, 5.41) is 0. The van der Waals surface area contributed by atoms with Crippen LogP contribution >= 0.6 is 0 Å². The summed E-state index contributed by atoms with van der Waals surface area (Å²) in [4.78, 5) is 4.97. The van der Waals surface area contributed by atoms with Crippen LogP contribution in [-0.4, -0.2) is 55.6 Å². The van der Waals surface area contributed by atoms with Gasteiger partial charge in [0.05, 0.1) is 0 Å². The Bertz CT molecular complexity index is 162. The molecule has 1 saturated heterocycles. The first-order valence-corrected chi connectivity index (χ1v) is 6.24. The summed E-state index contributed by atoms with van der Waals surface area (Å²) < 4.78 is 0. The van der Waals surface area contributed by atoms with E-state index in [0.29, 0.717) is 6.04 Å². The number of likely N-dealkylation sites (N-methyl/N-ethyl adjacent to an activating group) is 1. The van der Waals surface area contributed by atoms with Gasteiger partial charge in [0.1, 0.15) is 0 Å². The number of likely N-dealkylation sites (tertiary alicyclic amines) is 1. The van der Waals surface area contributed by atoms with Crippen LogP contribution in [-0.2, 0) is 0 Å². The third-order valence-corrected chi connectivity index (χ3v) is 3.11. The molecule has 0 saturated carbocycles. The molecule has 0 aromatic rings. The summed E-state index contributed by atoms with van der Waals surface area (Å²) in [6.45, 7) is 10.5. The van der Waals surface area contributed by atoms with Crippen molar-refractivity contribution in [2.75, 3.05) is 39.8 Å². The summed E-state index contributed by atoms with van der Waals surface area (Å²) in [7, 11) is 2.22. The SMILES string of the molecule is CC(C)CN(C)CCN1CCC(N)CC1. The zero-order chi connectivity index (χ0) is 11.3. The van der Waals surface area contributed by atoms with Crippen LogP contribution in [0.15, 0.2) is 0 Å². The highest BCUT2D eigenvalue weighted by molar-refractivity contribution is 4.74. The minimum Gasteiger partial charge on any atom is -0.328 e. The average Bonchev–Trinajstić information content (AvgIpc) is 2.16. The first-order valence-electron chi connectivity index (χ1n) is 6.24. The molecule has 0 aromatic heterocycles. The van der Waals surface area contributed by atoms with Gasteiger partial charge in [0.25, 0.3) is 0 Å². The second kappa shape index (κ2) is 6.46. The van der Waals surface area contributed by atoms with Crippen LogP contribution in [0.2, 0.25) is 0 Å². The molecule has 1 rings (SSSR count). The number of rotatable bonds is 5. The zero-order valence-corrected chi connectivity index (χ0v) is 10.6. The van der Waals surface area contributed by atoms with Crippen LogP contribution in [0.4, 0.5) is 0 Å². The van der Waals surface area contributed by atoms with E-state index in [1.54, 1.807) is 0 Å². The first-order chi connectivity index (χ1) is 7.08. The van der Waals surface area contributed by atoms with Crippen molar-refractivity contribution >= 4 is 0 Å². The largest absolute Gasteiger partial charge is 0.328 e. The van der Waals surface area contributed by atoms with Crippen molar-refractivity contribution in [3.8, 4) is 0 Å². The van der Waals surface area contributed by atoms with Crippen LogP contribution in [0.1, 0.15) is 26.7 Å². The molecule has 90 valence electrons. The molecule has 0 unspecified atom stereocenters. The van der Waals surface area contributed by atoms with Gasteiger partial charge in [-0.3, -0.25) is 0 Å². The van der Waals surface area contributed by atoms with Gasteiger partial charge < -0.3 is 15.5 Å². The van der Waals surface area contributed by atoms with E-state index in [0.717, 1.165) is 5.92 Å². The van der Waals surface area contributed by atoms with Crippen molar-refractivity contribution in [2.24, 2.45) is 11.7 Å². The maximum Gasteiger partial charge on any atom is 0.0109 e. The standard InChI is InChI=1S/C12H27N3/c1-11(2)10-14(3)8-9-15-6-4-12(13)5-7-15/h11-12H,4-10,13H2,1-3H3. The van der Waals surface area contributed by atoms with E-state index in [-0.39, 0.29) is 0 Å². The third-order valence-electron chi connectivity index (χ3n) is 3.11. The minimum absolute atomic E-state index is 0.453. The Kier molecular flexibility index (Phi) is 5.58. The third kappa shape index (κ3) is 5.50. The molecular formula is C12H27N3. The van der Waals surface area contributed by atoms with Gasteiger partial charge in [-0.15, -0.1) is 0 Å². The van der Waals surface area contributed by atoms with Gasteiger partial charge in [-0.1, -0.05) is 13.8 Å². The molecule has 1 heterocycles. The Labute approximate surface area is 94.6 Å². The highest BCUT2D eigenvalue weighted by Crippen LogP contribution is 2.07. The summed E-state index contributed by atoms with van der Waals surface area (Å²) in [5.41, 5.74) is 5.88. The van der Waals surface area contributed by atoms with E-state index in [4.69, 9.17) is 5.73 Å². The zero-order valence-electron chi connectivity index (χ0n) is 10.6. The molecule has 1 aliphatic heterocycles. The average molecular weight is 213 g/mol. The molecule has 0 radical (unpaired) electrons. The van der Waals surface area contributed by atoms with Crippen LogP contribution in [0.3, 0.4) is 0 Å². The summed E-state index contributed by atoms with van der Waals surface area (Å²) in [6, 6.07) is 0.453. The molecule has 0 atom stereocenters. The van der Waals surface area contributed by atoms with Gasteiger partial charge in [0.15, 0.2) is 0 Å². The number of hydrogen-bond acceptors (Lipinski definition) is 3. The predicted molar refractivity (Wildman–Crippen MR) is 66.0 cm³/mol. The number of hydrogen-bond donors (Lipinski definition) is 1. The molecule has 2 N–H and O–H groups in total. The molecular weight excluding hydrogens is 186 g/mol. The summed E-state index contributed by atoms with van der Waals surface area (Å²) in [5.74, 6) is 0.768. The molecule has 0 aromatic carbocycles. The van der Waals surface area contributed by atoms with Crippen molar-refractivity contribution in [3.05, 3.63) is 0 Å². The highest BCUT2D eigenvalue weighted by Gasteiger charge is 2.15. The van der Waals surface area contributed by atoms with Crippen molar-refractivity contribution in [3.63, 3.8) is 0 Å². The lowest BCUT2D eigenvalue weighted by Gasteiger charge is -2.31. The molecule has 1 aliphatic rings. The minimum atomic E-state index is 0.453. The van der Waals surface area contributed by atoms with Crippen LogP contribution < -0.4 is 5.73 Å². The molecule has 1 fully saturated rings. The molecule has 0 spiro atoms. The fourth-order valence-electron chi connectivity index (χ4n) is 2.20. The van der Waals surface area contributed by atoms with Crippen molar-refractivity contribution in [1.29, 1.82) is 0 Å². The lowest BCUT2D eigenvalue weighted by Crippen LogP contribution is -2.43. The Balaban J connectivity index is 2.09. The summed E-state index contributed by atoms with van der Waals surface area (Å²) >= 11 is 0. The van der Waals surface area contributed by atoms with Crippen LogP contribution in [0, 0.1) is 5.92 Å². The van der Waals surface area contributed by atoms with Gasteiger partial charge in [0, 0.05) is 25.7 Å². The van der Waals surface area contributed by atoms with E-state index < -0.39 is 0 Å². The Hall–Kier alpha value is -0.120. The smallest absolute Gasteiger partial charge is 0.0109 e. The van der Waals surface area contributed by atoms with Crippen molar-refractivity contribution in [2.45, 2.75) is 32.7 Å². The second-order valence-corrected chi connectivity index (χ2v) is 5.34. The molecule has 0 amide bonds. The van der Waals surface area contributed by atoms with Gasteiger partial charge in [-0.25, -0.2) is 0 Å². The lowest BCUT2D eigenvalue weighted by molar-refractivity contribution is 0.180. The van der Waals surface area contributed by atoms with Gasteiger partial charge in [0.2, 0.25) is 0 Å². The first kappa shape index (κ1) is 12.9. The summed E-state index contributed by atoms with van der Waals surface area (Å²) in [6.07, 6.45) is 2.35. The maximum atomic E-state index is 5.88. The van der Waals surface area contributed by atoms with Gasteiger partial charge in [-0.05, 0) is 38.9 Å². The molecule has 3 heteroatoms. The number of piperidine rings is 1. The van der Waals surface area contributed by atoms with E-state index >= 15 is 0 Å². The Morgan fingerprint density at radius 1 is 1.33 bits per heavy atom. The fraction of sp³-hybridized carbons (Fsp3) is 1.00. The maximum absolute atomic E-state index is 5.88. The molecule has 0 bridgehead atoms. The molecule has 3 nitrogen and oxygen atoms in total. The Morgan fingerprint density at radius 3 is 2.47 bits per heavy atom. The monoisotopic (exact) mass is 213 g/mol. The number of nitrogens with two attached hydrogens (primary N) is 1. The van der Waals surface area contributed by atoms with Crippen molar-refractivity contribution in [1.82, 2.24) is 9.80 Å². The Morgan fingerprint density at radius 2 is 1.93 bits per heavy atom. The van der Waals surface area contributed by atoms with E-state index in [1.165, 1.54) is 45.6 Å². The van der Waals surface area contributed by atoms with Gasteiger partial charge >= 0.3 is 0 Å². The van der Waals surface area contributed by atoms with E-state index in [1.807, 2.05) is 0 Å². The van der Waals surface area contributed by atoms with E-state index in [9.17, 15) is 0 Å². The van der Waals surface area contributed by atoms with Crippen LogP contribution in [0.5, 0.6) is 0 Å². The fourth-order valence-corrected chi connectivity index (χ4v) is 2.20. The van der Waals surface area contributed by atoms with E-state index in [2.05, 4.69) is 30.7 Å². The molecule has 15 heavy (non-hydrogen) atoms. The van der Waals surface area contributed by atoms with Crippen LogP contribution in [0.25, 0.3) is 0 Å². The number of nitrogens with zero attached hydrogens (tertiary/aromatic N) is 2. The normalized spacial score (nSPS) is 20.4. The quantitative estimate of drug-likeness (QED) is 0.739.